The Labute approximate surface area is 218 Å². The molecule has 0 aliphatic carbocycles. The molecule has 6 heteroatoms. The van der Waals surface area contributed by atoms with Crippen LogP contribution in [0.3, 0.4) is 0 Å². The van der Waals surface area contributed by atoms with Gasteiger partial charge in [0, 0.05) is 44.6 Å². The predicted molar refractivity (Wildman–Crippen MR) is 147 cm³/mol. The molecule has 0 spiro atoms. The molecule has 5 aromatic rings. The lowest BCUT2D eigenvalue weighted by molar-refractivity contribution is 0.581. The molecular weight excluding hydrogens is 456 g/mol. The minimum atomic E-state index is -0.696. The number of anilines is 1. The van der Waals surface area contributed by atoms with Crippen molar-refractivity contribution in [1.29, 1.82) is 0 Å². The SMILES string of the molecule is CN(C)c1cc(C(C)(c2ccccn2)c2ccccn2)nc(C(C)(c2ccccn2)c2ccccn2)c1. The highest BCUT2D eigenvalue weighted by Crippen LogP contribution is 2.41. The van der Waals surface area contributed by atoms with Gasteiger partial charge in [0.2, 0.25) is 0 Å². The number of rotatable bonds is 7. The van der Waals surface area contributed by atoms with E-state index >= 15 is 0 Å². The van der Waals surface area contributed by atoms with Gasteiger partial charge >= 0.3 is 0 Å². The van der Waals surface area contributed by atoms with E-state index in [1.165, 1.54) is 0 Å². The largest absolute Gasteiger partial charge is 0.378 e. The molecule has 0 radical (unpaired) electrons. The fourth-order valence-corrected chi connectivity index (χ4v) is 4.71. The average molecular weight is 487 g/mol. The van der Waals surface area contributed by atoms with Gasteiger partial charge in [-0.3, -0.25) is 24.9 Å². The number of hydrogen-bond acceptors (Lipinski definition) is 6. The molecule has 0 saturated carbocycles. The summed E-state index contributed by atoms with van der Waals surface area (Å²) in [6, 6.07) is 28.1. The summed E-state index contributed by atoms with van der Waals surface area (Å²) >= 11 is 0. The van der Waals surface area contributed by atoms with Crippen LogP contribution in [0.25, 0.3) is 0 Å². The molecule has 0 bridgehead atoms. The summed E-state index contributed by atoms with van der Waals surface area (Å²) in [5, 5.41) is 0. The number of pyridine rings is 5. The van der Waals surface area contributed by atoms with Crippen LogP contribution >= 0.6 is 0 Å². The van der Waals surface area contributed by atoms with Gasteiger partial charge in [-0.2, -0.15) is 0 Å². The maximum Gasteiger partial charge on any atom is 0.0939 e. The van der Waals surface area contributed by atoms with Gasteiger partial charge in [-0.05, 0) is 74.5 Å². The highest BCUT2D eigenvalue weighted by molar-refractivity contribution is 5.56. The Kier molecular flexibility index (Phi) is 6.49. The van der Waals surface area contributed by atoms with Crippen molar-refractivity contribution in [3.8, 4) is 0 Å². The molecule has 0 amide bonds. The standard InChI is InChI=1S/C31H30N6/c1-30(24-13-5-9-17-32-24,25-14-6-10-18-33-25)28-21-23(37(3)4)22-29(36-28)31(2,26-15-7-11-19-34-26)27-16-8-12-20-35-27/h5-22H,1-4H3. The van der Waals surface area contributed by atoms with Crippen molar-refractivity contribution in [1.82, 2.24) is 24.9 Å². The fourth-order valence-electron chi connectivity index (χ4n) is 4.71. The van der Waals surface area contributed by atoms with Crippen LogP contribution in [0, 0.1) is 0 Å². The molecule has 6 nitrogen and oxygen atoms in total. The Morgan fingerprint density at radius 1 is 0.486 bits per heavy atom. The number of nitrogens with zero attached hydrogens (tertiary/aromatic N) is 6. The summed E-state index contributed by atoms with van der Waals surface area (Å²) in [5.74, 6) is 0. The Morgan fingerprint density at radius 2 is 0.811 bits per heavy atom. The Bertz CT molecular complexity index is 1270. The van der Waals surface area contributed by atoms with Crippen molar-refractivity contribution in [3.05, 3.63) is 144 Å². The zero-order chi connectivity index (χ0) is 25.9. The second-order valence-corrected chi connectivity index (χ2v) is 9.60. The summed E-state index contributed by atoms with van der Waals surface area (Å²) in [7, 11) is 4.08. The smallest absolute Gasteiger partial charge is 0.0939 e. The van der Waals surface area contributed by atoms with Crippen LogP contribution in [-0.4, -0.2) is 39.0 Å². The molecule has 37 heavy (non-hydrogen) atoms. The van der Waals surface area contributed by atoms with Crippen LogP contribution in [0.1, 0.15) is 48.0 Å². The van der Waals surface area contributed by atoms with Crippen molar-refractivity contribution in [3.63, 3.8) is 0 Å². The van der Waals surface area contributed by atoms with E-state index in [4.69, 9.17) is 24.9 Å². The second kappa shape index (κ2) is 9.90. The molecule has 0 aliphatic heterocycles. The Balaban J connectivity index is 1.83. The maximum absolute atomic E-state index is 5.38. The molecular formula is C31H30N6. The Morgan fingerprint density at radius 3 is 1.05 bits per heavy atom. The van der Waals surface area contributed by atoms with Gasteiger partial charge in [0.25, 0.3) is 0 Å². The van der Waals surface area contributed by atoms with Crippen LogP contribution in [0.15, 0.2) is 110 Å². The van der Waals surface area contributed by atoms with Crippen LogP contribution in [0.5, 0.6) is 0 Å². The third kappa shape index (κ3) is 4.35. The lowest BCUT2D eigenvalue weighted by Crippen LogP contribution is -2.33. The monoisotopic (exact) mass is 486 g/mol. The summed E-state index contributed by atoms with van der Waals surface area (Å²) in [4.78, 5) is 26.6. The minimum absolute atomic E-state index is 0.696. The van der Waals surface area contributed by atoms with Gasteiger partial charge in [0.15, 0.2) is 0 Å². The molecule has 0 saturated heterocycles. The first-order valence-corrected chi connectivity index (χ1v) is 12.3. The predicted octanol–water partition coefficient (Wildman–Crippen LogP) is 5.44. The van der Waals surface area contributed by atoms with Crippen molar-refractivity contribution < 1.29 is 0 Å². The van der Waals surface area contributed by atoms with E-state index in [0.29, 0.717) is 0 Å². The van der Waals surface area contributed by atoms with Crippen LogP contribution in [0.4, 0.5) is 5.69 Å². The van der Waals surface area contributed by atoms with Crippen LogP contribution in [-0.2, 0) is 10.8 Å². The van der Waals surface area contributed by atoms with Crippen molar-refractivity contribution in [2.75, 3.05) is 19.0 Å². The lowest BCUT2D eigenvalue weighted by Gasteiger charge is -2.33. The summed E-state index contributed by atoms with van der Waals surface area (Å²) in [5.41, 5.74) is 4.84. The third-order valence-corrected chi connectivity index (χ3v) is 7.06. The first-order chi connectivity index (χ1) is 17.9. The van der Waals surface area contributed by atoms with Gasteiger partial charge in [0.05, 0.1) is 45.0 Å². The van der Waals surface area contributed by atoms with E-state index in [-0.39, 0.29) is 0 Å². The molecule has 0 fully saturated rings. The first-order valence-electron chi connectivity index (χ1n) is 12.3. The Hall–Kier alpha value is -4.45. The van der Waals surface area contributed by atoms with E-state index in [9.17, 15) is 0 Å². The molecule has 0 N–H and O–H groups in total. The quantitative estimate of drug-likeness (QED) is 0.305. The van der Waals surface area contributed by atoms with E-state index in [2.05, 4.69) is 30.9 Å². The van der Waals surface area contributed by atoms with Gasteiger partial charge in [-0.25, -0.2) is 0 Å². The summed E-state index contributed by atoms with van der Waals surface area (Å²) < 4.78 is 0. The van der Waals surface area contributed by atoms with E-state index in [0.717, 1.165) is 39.9 Å². The van der Waals surface area contributed by atoms with E-state index in [1.54, 1.807) is 0 Å². The topological polar surface area (TPSA) is 67.7 Å². The summed E-state index contributed by atoms with van der Waals surface area (Å²) in [6.45, 7) is 4.28. The second-order valence-electron chi connectivity index (χ2n) is 9.60. The molecule has 0 unspecified atom stereocenters. The molecule has 5 heterocycles. The van der Waals surface area contributed by atoms with Gasteiger partial charge in [-0.15, -0.1) is 0 Å². The summed E-state index contributed by atoms with van der Waals surface area (Å²) in [6.07, 6.45) is 7.27. The molecule has 0 aromatic carbocycles. The van der Waals surface area contributed by atoms with Crippen molar-refractivity contribution in [2.45, 2.75) is 24.7 Å². The number of hydrogen-bond donors (Lipinski definition) is 0. The lowest BCUT2D eigenvalue weighted by atomic mass is 9.76. The third-order valence-electron chi connectivity index (χ3n) is 7.06. The normalized spacial score (nSPS) is 11.8. The fraction of sp³-hybridized carbons (Fsp3) is 0.194. The van der Waals surface area contributed by atoms with Gasteiger partial charge in [-0.1, -0.05) is 24.3 Å². The van der Waals surface area contributed by atoms with Gasteiger partial charge < -0.3 is 4.90 Å². The van der Waals surface area contributed by atoms with Crippen LogP contribution in [0.2, 0.25) is 0 Å². The molecule has 0 aliphatic rings. The van der Waals surface area contributed by atoms with Crippen LogP contribution < -0.4 is 4.90 Å². The molecule has 0 atom stereocenters. The average Bonchev–Trinajstić information content (AvgIpc) is 2.98. The maximum atomic E-state index is 5.38. The molecule has 5 rings (SSSR count). The molecule has 184 valence electrons. The van der Waals surface area contributed by atoms with Crippen molar-refractivity contribution in [2.24, 2.45) is 0 Å². The van der Waals surface area contributed by atoms with Crippen molar-refractivity contribution >= 4 is 5.69 Å². The van der Waals surface area contributed by atoms with Gasteiger partial charge in [0.1, 0.15) is 0 Å². The highest BCUT2D eigenvalue weighted by Gasteiger charge is 2.40. The zero-order valence-corrected chi connectivity index (χ0v) is 21.6. The number of aromatic nitrogens is 5. The first kappa shape index (κ1) is 24.3. The highest BCUT2D eigenvalue weighted by atomic mass is 15.1. The van der Waals surface area contributed by atoms with E-state index in [1.807, 2.05) is 112 Å². The molecule has 5 aromatic heterocycles. The zero-order valence-electron chi connectivity index (χ0n) is 21.6. The van der Waals surface area contributed by atoms with E-state index < -0.39 is 10.8 Å². The minimum Gasteiger partial charge on any atom is -0.378 e.